The van der Waals surface area contributed by atoms with Crippen LogP contribution in [0.15, 0.2) is 84.9 Å². The Morgan fingerprint density at radius 2 is 1.28 bits per heavy atom. The maximum Gasteiger partial charge on any atom is 0.253 e. The first kappa shape index (κ1) is 17.3. The van der Waals surface area contributed by atoms with E-state index in [1.54, 1.807) is 6.92 Å². The number of hydrogen-bond acceptors (Lipinski definition) is 2. The molecule has 0 aromatic heterocycles. The molecule has 3 aromatic carbocycles. The van der Waals surface area contributed by atoms with E-state index >= 15 is 0 Å². The Morgan fingerprint density at radius 3 is 1.72 bits per heavy atom. The first-order valence-corrected chi connectivity index (χ1v) is 10.9. The number of ketones is 1. The zero-order valence-corrected chi connectivity index (χ0v) is 15.6. The largest absolute Gasteiger partial charge is 0.404 e. The van der Waals surface area contributed by atoms with Crippen LogP contribution >= 0.6 is 0 Å². The summed E-state index contributed by atoms with van der Waals surface area (Å²) in [5.41, 5.74) is 1.81. The zero-order chi connectivity index (χ0) is 17.7. The maximum absolute atomic E-state index is 11.4. The highest BCUT2D eigenvalue weighted by Crippen LogP contribution is 2.13. The van der Waals surface area contributed by atoms with Gasteiger partial charge >= 0.3 is 0 Å². The highest BCUT2D eigenvalue weighted by atomic mass is 28.4. The first-order valence-electron chi connectivity index (χ1n) is 8.44. The summed E-state index contributed by atoms with van der Waals surface area (Å²) < 4.78 is 6.54. The van der Waals surface area contributed by atoms with E-state index in [4.69, 9.17) is 4.43 Å². The molecule has 0 unspecified atom stereocenters. The van der Waals surface area contributed by atoms with E-state index in [9.17, 15) is 4.79 Å². The average Bonchev–Trinajstić information content (AvgIpc) is 2.68. The van der Waals surface area contributed by atoms with Crippen molar-refractivity contribution < 1.29 is 9.22 Å². The van der Waals surface area contributed by atoms with Gasteiger partial charge in [-0.05, 0) is 29.4 Å². The third kappa shape index (κ3) is 3.95. The van der Waals surface area contributed by atoms with E-state index in [0.717, 1.165) is 11.1 Å². The molecular weight excluding hydrogens is 324 g/mol. The van der Waals surface area contributed by atoms with Crippen molar-refractivity contribution in [1.29, 1.82) is 0 Å². The molecule has 0 N–H and O–H groups in total. The molecule has 126 valence electrons. The predicted molar refractivity (Wildman–Crippen MR) is 105 cm³/mol. The van der Waals surface area contributed by atoms with Crippen LogP contribution in [0.3, 0.4) is 0 Å². The lowest BCUT2D eigenvalue weighted by atomic mass is 10.1. The molecule has 0 aliphatic carbocycles. The van der Waals surface area contributed by atoms with Gasteiger partial charge in [-0.15, -0.1) is 0 Å². The van der Waals surface area contributed by atoms with Crippen LogP contribution in [-0.4, -0.2) is 14.1 Å². The number of hydrogen-bond donors (Lipinski definition) is 0. The molecule has 0 spiro atoms. The topological polar surface area (TPSA) is 26.3 Å². The van der Waals surface area contributed by atoms with Gasteiger partial charge in [-0.3, -0.25) is 4.79 Å². The molecule has 25 heavy (non-hydrogen) atoms. The van der Waals surface area contributed by atoms with Crippen LogP contribution < -0.4 is 10.4 Å². The van der Waals surface area contributed by atoms with E-state index < -0.39 is 8.32 Å². The molecule has 3 aromatic rings. The Hall–Kier alpha value is -2.49. The second kappa shape index (κ2) is 7.60. The smallest absolute Gasteiger partial charge is 0.253 e. The van der Waals surface area contributed by atoms with Crippen molar-refractivity contribution in [3.63, 3.8) is 0 Å². The van der Waals surface area contributed by atoms with Crippen LogP contribution in [-0.2, 0) is 11.0 Å². The van der Waals surface area contributed by atoms with Crippen molar-refractivity contribution in [2.75, 3.05) is 0 Å². The van der Waals surface area contributed by atoms with Gasteiger partial charge in [-0.1, -0.05) is 84.9 Å². The molecule has 0 radical (unpaired) electrons. The molecule has 0 amide bonds. The third-order valence-corrected chi connectivity index (χ3v) is 8.13. The summed E-state index contributed by atoms with van der Waals surface area (Å²) in [6.07, 6.45) is 0. The van der Waals surface area contributed by atoms with Crippen molar-refractivity contribution in [3.8, 4) is 0 Å². The number of carbonyl (C=O) groups excluding carboxylic acids is 1. The monoisotopic (exact) mass is 346 g/mol. The molecule has 0 saturated heterocycles. The molecule has 0 aliphatic heterocycles. The second-order valence-electron chi connectivity index (χ2n) is 6.31. The summed E-state index contributed by atoms with van der Waals surface area (Å²) in [4.78, 5) is 11.4. The van der Waals surface area contributed by atoms with Crippen LogP contribution in [0.2, 0.25) is 6.55 Å². The molecule has 3 heteroatoms. The molecule has 0 heterocycles. The van der Waals surface area contributed by atoms with Gasteiger partial charge in [-0.25, -0.2) is 0 Å². The summed E-state index contributed by atoms with van der Waals surface area (Å²) in [5, 5.41) is 2.50. The number of benzene rings is 3. The van der Waals surface area contributed by atoms with Crippen molar-refractivity contribution in [2.24, 2.45) is 0 Å². The van der Waals surface area contributed by atoms with Crippen molar-refractivity contribution >= 4 is 24.5 Å². The Kier molecular flexibility index (Phi) is 5.27. The summed E-state index contributed by atoms with van der Waals surface area (Å²) in [6, 6.07) is 28.6. The summed E-state index contributed by atoms with van der Waals surface area (Å²) in [7, 11) is -2.29. The van der Waals surface area contributed by atoms with E-state index in [1.165, 1.54) is 10.4 Å². The van der Waals surface area contributed by atoms with Crippen molar-refractivity contribution in [3.05, 3.63) is 96.1 Å². The van der Waals surface area contributed by atoms with Crippen molar-refractivity contribution in [2.45, 2.75) is 20.1 Å². The Balaban J connectivity index is 1.87. The summed E-state index contributed by atoms with van der Waals surface area (Å²) >= 11 is 0. The van der Waals surface area contributed by atoms with E-state index in [-0.39, 0.29) is 5.78 Å². The van der Waals surface area contributed by atoms with Gasteiger partial charge in [0.15, 0.2) is 5.78 Å². The first-order chi connectivity index (χ1) is 12.1. The Labute approximate surface area is 150 Å². The molecule has 0 atom stereocenters. The van der Waals surface area contributed by atoms with Gasteiger partial charge in [0.05, 0.1) is 6.61 Å². The molecule has 3 rings (SSSR count). The zero-order valence-electron chi connectivity index (χ0n) is 14.6. The standard InChI is InChI=1S/C22H22O2Si/c1-18(23)20-15-13-19(14-16-20)17-24-25(2,21-9-5-3-6-10-21)22-11-7-4-8-12-22/h3-16H,17H2,1-2H3. The SMILES string of the molecule is CC(=O)c1ccc(CO[Si](C)(c2ccccc2)c2ccccc2)cc1. The molecule has 0 aliphatic rings. The van der Waals surface area contributed by atoms with E-state index in [1.807, 2.05) is 36.4 Å². The minimum absolute atomic E-state index is 0.0836. The number of rotatable bonds is 6. The molecule has 2 nitrogen and oxygen atoms in total. The number of Topliss-reactive ketones (excluding diaryl/α,β-unsaturated/α-hetero) is 1. The quantitative estimate of drug-likeness (QED) is 0.501. The highest BCUT2D eigenvalue weighted by molar-refractivity contribution is 6.96. The van der Waals surface area contributed by atoms with Crippen LogP contribution in [0.5, 0.6) is 0 Å². The van der Waals surface area contributed by atoms with Crippen LogP contribution in [0.4, 0.5) is 0 Å². The lowest BCUT2D eigenvalue weighted by Gasteiger charge is -2.28. The van der Waals surface area contributed by atoms with Gasteiger partial charge in [0.25, 0.3) is 8.32 Å². The minimum atomic E-state index is -2.29. The minimum Gasteiger partial charge on any atom is -0.404 e. The lowest BCUT2D eigenvalue weighted by molar-refractivity contribution is 0.101. The lowest BCUT2D eigenvalue weighted by Crippen LogP contribution is -2.58. The second-order valence-corrected chi connectivity index (χ2v) is 9.82. The fraction of sp³-hybridized carbons (Fsp3) is 0.136. The van der Waals surface area contributed by atoms with Crippen LogP contribution in [0, 0.1) is 0 Å². The van der Waals surface area contributed by atoms with Gasteiger partial charge in [0.2, 0.25) is 0 Å². The normalized spacial score (nSPS) is 11.3. The molecular formula is C22H22O2Si. The van der Waals surface area contributed by atoms with E-state index in [0.29, 0.717) is 6.61 Å². The molecule has 0 saturated carbocycles. The number of carbonyl (C=O) groups is 1. The molecule has 0 bridgehead atoms. The fourth-order valence-corrected chi connectivity index (χ4v) is 5.69. The van der Waals surface area contributed by atoms with Gasteiger partial charge in [-0.2, -0.15) is 0 Å². The fourth-order valence-electron chi connectivity index (χ4n) is 2.91. The summed E-state index contributed by atoms with van der Waals surface area (Å²) in [5.74, 6) is 0.0836. The predicted octanol–water partition coefficient (Wildman–Crippen LogP) is 3.80. The van der Waals surface area contributed by atoms with Gasteiger partial charge in [0, 0.05) is 5.56 Å². The van der Waals surface area contributed by atoms with Gasteiger partial charge < -0.3 is 4.43 Å². The van der Waals surface area contributed by atoms with Crippen LogP contribution in [0.1, 0.15) is 22.8 Å². The van der Waals surface area contributed by atoms with Crippen molar-refractivity contribution in [1.82, 2.24) is 0 Å². The van der Waals surface area contributed by atoms with E-state index in [2.05, 4.69) is 55.1 Å². The van der Waals surface area contributed by atoms with Crippen LogP contribution in [0.25, 0.3) is 0 Å². The Bertz CT molecular complexity index is 787. The summed E-state index contributed by atoms with van der Waals surface area (Å²) in [6.45, 7) is 4.35. The third-order valence-electron chi connectivity index (χ3n) is 4.54. The highest BCUT2D eigenvalue weighted by Gasteiger charge is 2.33. The molecule has 0 fully saturated rings. The Morgan fingerprint density at radius 1 is 0.800 bits per heavy atom. The maximum atomic E-state index is 11.4. The average molecular weight is 347 g/mol. The van der Waals surface area contributed by atoms with Gasteiger partial charge in [0.1, 0.15) is 0 Å².